The first-order valence-electron chi connectivity index (χ1n) is 8.30. The fourth-order valence-electron chi connectivity index (χ4n) is 3.42. The number of aryl methyl sites for hydroxylation is 1. The number of aliphatic carboxylic acids is 1. The zero-order valence-electron chi connectivity index (χ0n) is 14.4. The fraction of sp³-hybridized carbons (Fsp3) is 0.625. The molecule has 2 saturated heterocycles. The van der Waals surface area contributed by atoms with Gasteiger partial charge in [0.25, 0.3) is 0 Å². The number of carbonyl (C=O) groups is 3. The van der Waals surface area contributed by atoms with E-state index < -0.39 is 11.4 Å². The number of likely N-dealkylation sites (tertiary alicyclic amines) is 1. The van der Waals surface area contributed by atoms with E-state index in [4.69, 9.17) is 9.26 Å². The van der Waals surface area contributed by atoms with E-state index in [9.17, 15) is 19.5 Å². The number of aromatic nitrogens is 1. The Hall–Kier alpha value is -2.07. The number of nitrogens with one attached hydrogen (secondary N) is 1. The van der Waals surface area contributed by atoms with Gasteiger partial charge in [-0.2, -0.15) is 0 Å². The maximum absolute atomic E-state index is 12.4. The molecule has 142 valence electrons. The van der Waals surface area contributed by atoms with E-state index in [0.717, 1.165) is 0 Å². The maximum Gasteiger partial charge on any atom is 0.311 e. The van der Waals surface area contributed by atoms with E-state index in [2.05, 4.69) is 10.5 Å². The molecule has 0 aromatic carbocycles. The van der Waals surface area contributed by atoms with E-state index in [1.807, 2.05) is 0 Å². The molecule has 0 radical (unpaired) electrons. The quantitative estimate of drug-likeness (QED) is 0.732. The molecular weight excluding hydrogens is 362 g/mol. The van der Waals surface area contributed by atoms with Crippen LogP contribution in [0.5, 0.6) is 0 Å². The van der Waals surface area contributed by atoms with Crippen LogP contribution in [0.1, 0.15) is 12.2 Å². The van der Waals surface area contributed by atoms with E-state index in [1.54, 1.807) is 17.9 Å². The minimum Gasteiger partial charge on any atom is -0.481 e. The van der Waals surface area contributed by atoms with Gasteiger partial charge in [-0.3, -0.25) is 14.4 Å². The van der Waals surface area contributed by atoms with Gasteiger partial charge in [-0.1, -0.05) is 5.16 Å². The van der Waals surface area contributed by atoms with Gasteiger partial charge in [-0.05, 0) is 13.3 Å². The number of fused-ring (bicyclic) bond motifs is 1. The molecule has 2 atom stereocenters. The second kappa shape index (κ2) is 7.67. The highest BCUT2D eigenvalue weighted by Crippen LogP contribution is 2.42. The van der Waals surface area contributed by atoms with Crippen LogP contribution in [0.25, 0.3) is 0 Å². The average Bonchev–Trinajstić information content (AvgIpc) is 3.18. The van der Waals surface area contributed by atoms with Gasteiger partial charge in [0.05, 0.1) is 23.5 Å². The van der Waals surface area contributed by atoms with Crippen molar-refractivity contribution in [1.82, 2.24) is 10.1 Å². The summed E-state index contributed by atoms with van der Waals surface area (Å²) < 4.78 is 10.2. The number of hydrogen-bond donors (Lipinski definition) is 2. The van der Waals surface area contributed by atoms with Crippen molar-refractivity contribution in [2.24, 2.45) is 11.3 Å². The van der Waals surface area contributed by atoms with Crippen molar-refractivity contribution in [3.8, 4) is 0 Å². The largest absolute Gasteiger partial charge is 0.481 e. The van der Waals surface area contributed by atoms with Crippen LogP contribution in [0.3, 0.4) is 0 Å². The molecule has 1 aromatic heterocycles. The Morgan fingerprint density at radius 3 is 2.92 bits per heavy atom. The first-order chi connectivity index (χ1) is 12.4. The highest BCUT2D eigenvalue weighted by atomic mass is 32.2. The summed E-state index contributed by atoms with van der Waals surface area (Å²) in [6.45, 7) is 3.08. The van der Waals surface area contributed by atoms with Crippen LogP contribution in [0.15, 0.2) is 10.6 Å². The third-order valence-corrected chi connectivity index (χ3v) is 5.76. The van der Waals surface area contributed by atoms with Crippen LogP contribution >= 0.6 is 11.8 Å². The molecule has 2 N–H and O–H groups in total. The van der Waals surface area contributed by atoms with Gasteiger partial charge in [0.1, 0.15) is 5.76 Å². The smallest absolute Gasteiger partial charge is 0.311 e. The van der Waals surface area contributed by atoms with Crippen molar-refractivity contribution in [3.63, 3.8) is 0 Å². The average molecular weight is 383 g/mol. The lowest BCUT2D eigenvalue weighted by Gasteiger charge is -2.33. The fourth-order valence-corrected chi connectivity index (χ4v) is 4.13. The molecule has 9 nitrogen and oxygen atoms in total. The van der Waals surface area contributed by atoms with Crippen LogP contribution in [0.4, 0.5) is 5.82 Å². The number of ether oxygens (including phenoxy) is 1. The minimum absolute atomic E-state index is 0.0993. The van der Waals surface area contributed by atoms with Crippen molar-refractivity contribution >= 4 is 35.4 Å². The zero-order chi connectivity index (χ0) is 18.7. The number of amides is 2. The number of carboxylic acids is 1. The molecule has 2 aliphatic rings. The summed E-state index contributed by atoms with van der Waals surface area (Å²) in [5.41, 5.74) is -0.902. The molecular formula is C16H21N3O6S. The van der Waals surface area contributed by atoms with Gasteiger partial charge in [-0.25, -0.2) is 0 Å². The topological polar surface area (TPSA) is 122 Å². The van der Waals surface area contributed by atoms with Crippen molar-refractivity contribution < 1.29 is 28.8 Å². The maximum atomic E-state index is 12.4. The van der Waals surface area contributed by atoms with E-state index >= 15 is 0 Å². The molecule has 2 amide bonds. The number of rotatable bonds is 6. The van der Waals surface area contributed by atoms with Gasteiger partial charge in [0.15, 0.2) is 5.82 Å². The summed E-state index contributed by atoms with van der Waals surface area (Å²) in [5, 5.41) is 15.9. The van der Waals surface area contributed by atoms with E-state index in [0.29, 0.717) is 37.8 Å². The number of carbonyl (C=O) groups excluding carboxylic acids is 2. The number of anilines is 1. The van der Waals surface area contributed by atoms with Gasteiger partial charge in [0, 0.05) is 31.7 Å². The molecule has 0 spiro atoms. The van der Waals surface area contributed by atoms with Crippen molar-refractivity contribution in [2.45, 2.75) is 13.3 Å². The molecule has 0 bridgehead atoms. The van der Waals surface area contributed by atoms with E-state index in [1.165, 1.54) is 11.8 Å². The summed E-state index contributed by atoms with van der Waals surface area (Å²) in [4.78, 5) is 37.6. The predicted octanol–water partition coefficient (Wildman–Crippen LogP) is 0.604. The first-order valence-corrected chi connectivity index (χ1v) is 9.46. The molecule has 1 aromatic rings. The Morgan fingerprint density at radius 1 is 1.46 bits per heavy atom. The lowest BCUT2D eigenvalue weighted by atomic mass is 9.74. The van der Waals surface area contributed by atoms with Gasteiger partial charge in [0.2, 0.25) is 11.8 Å². The van der Waals surface area contributed by atoms with Gasteiger partial charge in [-0.15, -0.1) is 11.8 Å². The van der Waals surface area contributed by atoms with Crippen molar-refractivity contribution in [2.75, 3.05) is 43.1 Å². The standard InChI is InChI=1S/C16H21N3O6S/c1-10-4-12(18-25-10)17-13(20)7-26-8-14(21)19-5-11-6-24-3-2-16(11,9-19)15(22)23/h4,11H,2-3,5-9H2,1H3,(H,22,23)(H,17,18,20)/t11-,16+/m0/s1. The number of carboxylic acid groups (broad SMARTS) is 1. The highest BCUT2D eigenvalue weighted by Gasteiger charge is 2.54. The second-order valence-corrected chi connectivity index (χ2v) is 7.61. The Bertz CT molecular complexity index is 708. The molecule has 0 unspecified atom stereocenters. The third kappa shape index (κ3) is 3.85. The molecule has 0 aliphatic carbocycles. The molecule has 2 aliphatic heterocycles. The zero-order valence-corrected chi connectivity index (χ0v) is 15.2. The van der Waals surface area contributed by atoms with Crippen LogP contribution in [-0.4, -0.2) is 70.8 Å². The van der Waals surface area contributed by atoms with Gasteiger partial charge >= 0.3 is 5.97 Å². The highest BCUT2D eigenvalue weighted by molar-refractivity contribution is 8.00. The normalized spacial score (nSPS) is 25.0. The van der Waals surface area contributed by atoms with Crippen LogP contribution < -0.4 is 5.32 Å². The lowest BCUT2D eigenvalue weighted by molar-refractivity contribution is -0.157. The summed E-state index contributed by atoms with van der Waals surface area (Å²) in [6.07, 6.45) is 0.420. The number of nitrogens with zero attached hydrogens (tertiary/aromatic N) is 2. The van der Waals surface area contributed by atoms with Crippen molar-refractivity contribution in [3.05, 3.63) is 11.8 Å². The van der Waals surface area contributed by atoms with E-state index in [-0.39, 0.29) is 35.8 Å². The lowest BCUT2D eigenvalue weighted by Crippen LogP contribution is -2.45. The Kier molecular flexibility index (Phi) is 5.52. The molecule has 3 rings (SSSR count). The predicted molar refractivity (Wildman–Crippen MR) is 92.8 cm³/mol. The number of hydrogen-bond acceptors (Lipinski definition) is 7. The van der Waals surface area contributed by atoms with Crippen LogP contribution in [0.2, 0.25) is 0 Å². The van der Waals surface area contributed by atoms with Crippen LogP contribution in [-0.2, 0) is 19.1 Å². The summed E-state index contributed by atoms with van der Waals surface area (Å²) in [6, 6.07) is 1.60. The SMILES string of the molecule is Cc1cc(NC(=O)CSCC(=O)N2C[C@H]3COCC[C@@]3(C(=O)O)C2)no1. The van der Waals surface area contributed by atoms with Crippen LogP contribution in [0, 0.1) is 18.3 Å². The second-order valence-electron chi connectivity index (χ2n) is 6.62. The molecule has 2 fully saturated rings. The van der Waals surface area contributed by atoms with Gasteiger partial charge < -0.3 is 24.6 Å². The molecule has 0 saturated carbocycles. The molecule has 26 heavy (non-hydrogen) atoms. The monoisotopic (exact) mass is 383 g/mol. The first kappa shape index (κ1) is 18.7. The Labute approximate surface area is 154 Å². The Balaban J connectivity index is 1.46. The van der Waals surface area contributed by atoms with Crippen molar-refractivity contribution in [1.29, 1.82) is 0 Å². The Morgan fingerprint density at radius 2 is 2.27 bits per heavy atom. The molecule has 3 heterocycles. The minimum atomic E-state index is -0.902. The molecule has 10 heteroatoms. The third-order valence-electron chi connectivity index (χ3n) is 4.84. The summed E-state index contributed by atoms with van der Waals surface area (Å²) >= 11 is 1.18. The summed E-state index contributed by atoms with van der Waals surface area (Å²) in [7, 11) is 0. The number of thioether (sulfide) groups is 1. The summed E-state index contributed by atoms with van der Waals surface area (Å²) in [5.74, 6) is -0.327.